The number of carboxylic acid groups (broad SMARTS) is 1. The van der Waals surface area contributed by atoms with Crippen molar-refractivity contribution in [2.24, 2.45) is 0 Å². The maximum absolute atomic E-state index is 13.8. The summed E-state index contributed by atoms with van der Waals surface area (Å²) in [5.74, 6) is -4.43. The van der Waals surface area contributed by atoms with Crippen LogP contribution in [0.2, 0.25) is 5.02 Å². The molecular formula is C20H14ClFNO5-. The zero-order valence-corrected chi connectivity index (χ0v) is 15.1. The Morgan fingerprint density at radius 2 is 1.86 bits per heavy atom. The molecule has 3 rings (SSSR count). The largest absolute Gasteiger partial charge is 0.550 e. The van der Waals surface area contributed by atoms with Crippen LogP contribution < -0.4 is 5.11 Å². The van der Waals surface area contributed by atoms with Gasteiger partial charge in [-0.25, -0.2) is 4.39 Å². The molecule has 1 saturated heterocycles. The fraction of sp³-hybridized carbons (Fsp3) is 0.150. The molecule has 0 saturated carbocycles. The van der Waals surface area contributed by atoms with E-state index in [4.69, 9.17) is 11.6 Å². The molecule has 0 aliphatic carbocycles. The number of aliphatic carboxylic acids is 1. The molecule has 2 aromatic carbocycles. The fourth-order valence-electron chi connectivity index (χ4n) is 3.11. The van der Waals surface area contributed by atoms with E-state index < -0.39 is 41.7 Å². The van der Waals surface area contributed by atoms with Gasteiger partial charge in [-0.1, -0.05) is 23.7 Å². The van der Waals surface area contributed by atoms with Crippen LogP contribution in [0.25, 0.3) is 5.76 Å². The van der Waals surface area contributed by atoms with Crippen molar-refractivity contribution in [3.05, 3.63) is 76.1 Å². The van der Waals surface area contributed by atoms with E-state index in [1.807, 2.05) is 0 Å². The maximum Gasteiger partial charge on any atom is 0.295 e. The highest BCUT2D eigenvalue weighted by molar-refractivity contribution is 6.46. The average molecular weight is 403 g/mol. The van der Waals surface area contributed by atoms with Crippen LogP contribution in [0.15, 0.2) is 54.1 Å². The van der Waals surface area contributed by atoms with Gasteiger partial charge in [-0.15, -0.1) is 0 Å². The van der Waals surface area contributed by atoms with Crippen LogP contribution in [0.4, 0.5) is 4.39 Å². The first kappa shape index (κ1) is 19.6. The standard InChI is InChI=1S/C20H15ClFNO5/c21-13-6-4-11(5-7-13)18(26)16-17(12-2-1-3-14(22)10-12)23(9-8-15(24)25)20(28)19(16)27/h1-7,10,17,26H,8-9H2,(H,24,25)/p-1/b18-16+/t17-/m1/s1. The molecule has 1 N–H and O–H groups in total. The number of amides is 1. The van der Waals surface area contributed by atoms with Crippen LogP contribution in [-0.2, 0) is 14.4 Å². The monoisotopic (exact) mass is 402 g/mol. The zero-order chi connectivity index (χ0) is 20.4. The van der Waals surface area contributed by atoms with Crippen molar-refractivity contribution in [2.45, 2.75) is 12.5 Å². The van der Waals surface area contributed by atoms with E-state index in [1.54, 1.807) is 0 Å². The molecule has 0 aromatic heterocycles. The molecule has 8 heteroatoms. The number of rotatable bonds is 5. The number of halogens is 2. The lowest BCUT2D eigenvalue weighted by molar-refractivity contribution is -0.305. The third-order valence-corrected chi connectivity index (χ3v) is 4.63. The van der Waals surface area contributed by atoms with Gasteiger partial charge in [-0.3, -0.25) is 9.59 Å². The van der Waals surface area contributed by atoms with Gasteiger partial charge in [0.05, 0.1) is 11.6 Å². The number of aliphatic hydroxyl groups excluding tert-OH is 1. The number of likely N-dealkylation sites (tertiary alicyclic amines) is 1. The first-order chi connectivity index (χ1) is 13.3. The summed E-state index contributed by atoms with van der Waals surface area (Å²) in [4.78, 5) is 36.9. The van der Waals surface area contributed by atoms with Gasteiger partial charge in [-0.05, 0) is 42.0 Å². The summed E-state index contributed by atoms with van der Waals surface area (Å²) in [5.41, 5.74) is 0.216. The van der Waals surface area contributed by atoms with Gasteiger partial charge in [0.2, 0.25) is 0 Å². The predicted octanol–water partition coefficient (Wildman–Crippen LogP) is 2.04. The molecule has 0 radical (unpaired) electrons. The number of benzene rings is 2. The summed E-state index contributed by atoms with van der Waals surface area (Å²) in [6.07, 6.45) is -0.514. The molecule has 1 fully saturated rings. The third-order valence-electron chi connectivity index (χ3n) is 4.38. The highest BCUT2D eigenvalue weighted by Gasteiger charge is 2.45. The highest BCUT2D eigenvalue weighted by Crippen LogP contribution is 2.39. The summed E-state index contributed by atoms with van der Waals surface area (Å²) in [5, 5.41) is 22.0. The van der Waals surface area contributed by atoms with Crippen molar-refractivity contribution in [1.82, 2.24) is 4.90 Å². The lowest BCUT2D eigenvalue weighted by atomic mass is 9.95. The minimum absolute atomic E-state index is 0.230. The second-order valence-corrected chi connectivity index (χ2v) is 6.61. The molecule has 1 heterocycles. The van der Waals surface area contributed by atoms with Crippen LogP contribution in [0.1, 0.15) is 23.6 Å². The van der Waals surface area contributed by atoms with Crippen LogP contribution in [0.3, 0.4) is 0 Å². The van der Waals surface area contributed by atoms with Crippen molar-refractivity contribution in [1.29, 1.82) is 0 Å². The Bertz CT molecular complexity index is 986. The average Bonchev–Trinajstić information content (AvgIpc) is 2.91. The lowest BCUT2D eigenvalue weighted by Crippen LogP contribution is -2.34. The summed E-state index contributed by atoms with van der Waals surface area (Å²) >= 11 is 5.83. The molecule has 0 bridgehead atoms. The summed E-state index contributed by atoms with van der Waals surface area (Å²) in [6.45, 7) is -0.328. The Kier molecular flexibility index (Phi) is 5.46. The van der Waals surface area contributed by atoms with Gasteiger partial charge in [0.15, 0.2) is 0 Å². The van der Waals surface area contributed by atoms with Gasteiger partial charge in [-0.2, -0.15) is 0 Å². The van der Waals surface area contributed by atoms with Gasteiger partial charge in [0, 0.05) is 29.5 Å². The Balaban J connectivity index is 2.16. The van der Waals surface area contributed by atoms with Crippen molar-refractivity contribution in [3.63, 3.8) is 0 Å². The molecule has 1 atom stereocenters. The second-order valence-electron chi connectivity index (χ2n) is 6.18. The topological polar surface area (TPSA) is 97.7 Å². The van der Waals surface area contributed by atoms with E-state index in [2.05, 4.69) is 0 Å². The van der Waals surface area contributed by atoms with Crippen LogP contribution in [0.5, 0.6) is 0 Å². The third kappa shape index (κ3) is 3.75. The van der Waals surface area contributed by atoms with Crippen molar-refractivity contribution < 1.29 is 29.0 Å². The lowest BCUT2D eigenvalue weighted by Gasteiger charge is -2.25. The summed E-state index contributed by atoms with van der Waals surface area (Å²) in [6, 6.07) is 10.00. The molecular weight excluding hydrogens is 389 g/mol. The molecule has 1 aliphatic heterocycles. The summed E-state index contributed by atoms with van der Waals surface area (Å²) in [7, 11) is 0. The van der Waals surface area contributed by atoms with Crippen molar-refractivity contribution in [3.8, 4) is 0 Å². The summed E-state index contributed by atoms with van der Waals surface area (Å²) < 4.78 is 13.8. The van der Waals surface area contributed by atoms with E-state index in [-0.39, 0.29) is 23.2 Å². The van der Waals surface area contributed by atoms with E-state index >= 15 is 0 Å². The number of aliphatic hydroxyl groups is 1. The first-order valence-electron chi connectivity index (χ1n) is 8.29. The van der Waals surface area contributed by atoms with Crippen molar-refractivity contribution in [2.75, 3.05) is 6.54 Å². The van der Waals surface area contributed by atoms with E-state index in [0.717, 1.165) is 11.0 Å². The van der Waals surface area contributed by atoms with Crippen LogP contribution in [-0.4, -0.2) is 34.2 Å². The number of hydrogen-bond donors (Lipinski definition) is 1. The fourth-order valence-corrected chi connectivity index (χ4v) is 3.23. The van der Waals surface area contributed by atoms with Crippen LogP contribution in [0, 0.1) is 5.82 Å². The number of carbonyl (C=O) groups is 3. The maximum atomic E-state index is 13.8. The molecule has 28 heavy (non-hydrogen) atoms. The van der Waals surface area contributed by atoms with Gasteiger partial charge in [0.25, 0.3) is 11.7 Å². The molecule has 1 amide bonds. The van der Waals surface area contributed by atoms with Gasteiger partial charge < -0.3 is 19.9 Å². The second kappa shape index (κ2) is 7.82. The minimum atomic E-state index is -1.41. The number of nitrogens with zero attached hydrogens (tertiary/aromatic N) is 1. The molecule has 0 spiro atoms. The minimum Gasteiger partial charge on any atom is -0.550 e. The van der Waals surface area contributed by atoms with E-state index in [9.17, 15) is 29.0 Å². The molecule has 1 aliphatic rings. The molecule has 6 nitrogen and oxygen atoms in total. The quantitative estimate of drug-likeness (QED) is 0.469. The number of hydrogen-bond acceptors (Lipinski definition) is 5. The molecule has 144 valence electrons. The molecule has 0 unspecified atom stereocenters. The Morgan fingerprint density at radius 3 is 2.46 bits per heavy atom. The molecule has 2 aromatic rings. The Hall–Kier alpha value is -3.19. The van der Waals surface area contributed by atoms with E-state index in [1.165, 1.54) is 42.5 Å². The Morgan fingerprint density at radius 1 is 1.18 bits per heavy atom. The normalized spacial score (nSPS) is 18.5. The SMILES string of the molecule is O=C([O-])CCN1C(=O)C(=O)/C(=C(/O)c2ccc(Cl)cc2)[C@H]1c1cccc(F)c1. The van der Waals surface area contributed by atoms with Crippen molar-refractivity contribution >= 4 is 35.0 Å². The number of carbonyl (C=O) groups excluding carboxylic acids is 3. The number of carboxylic acids is 1. The highest BCUT2D eigenvalue weighted by atomic mass is 35.5. The number of Topliss-reactive ketones (excluding diaryl/α,β-unsaturated/α-hetero) is 1. The van der Waals surface area contributed by atoms with Gasteiger partial charge >= 0.3 is 0 Å². The van der Waals surface area contributed by atoms with Gasteiger partial charge in [0.1, 0.15) is 11.6 Å². The number of ketones is 1. The van der Waals surface area contributed by atoms with E-state index in [0.29, 0.717) is 5.02 Å². The predicted molar refractivity (Wildman–Crippen MR) is 96.5 cm³/mol. The first-order valence-corrected chi connectivity index (χ1v) is 8.67. The van der Waals surface area contributed by atoms with Crippen LogP contribution >= 0.6 is 11.6 Å². The smallest absolute Gasteiger partial charge is 0.295 e. The zero-order valence-electron chi connectivity index (χ0n) is 14.4. The Labute approximate surface area is 164 Å².